The van der Waals surface area contributed by atoms with Crippen molar-refractivity contribution in [2.75, 3.05) is 64.6 Å². The maximum atomic E-state index is 6.17. The van der Waals surface area contributed by atoms with Gasteiger partial charge in [0.2, 0.25) is 0 Å². The van der Waals surface area contributed by atoms with E-state index in [9.17, 15) is 0 Å². The first-order valence-corrected chi connectivity index (χ1v) is 17.0. The highest BCUT2D eigenvalue weighted by Gasteiger charge is 2.13. The summed E-state index contributed by atoms with van der Waals surface area (Å²) in [7, 11) is 3.74. The maximum Gasteiger partial charge on any atom is 0.145 e. The first-order valence-electron chi connectivity index (χ1n) is 17.0. The van der Waals surface area contributed by atoms with Gasteiger partial charge in [0.25, 0.3) is 0 Å². The summed E-state index contributed by atoms with van der Waals surface area (Å²) in [4.78, 5) is 11.9. The van der Waals surface area contributed by atoms with Crippen LogP contribution in [0.15, 0.2) is 103 Å². The van der Waals surface area contributed by atoms with Crippen molar-refractivity contribution >= 4 is 11.6 Å². The van der Waals surface area contributed by atoms with E-state index in [1.807, 2.05) is 85.8 Å². The fourth-order valence-electron chi connectivity index (χ4n) is 5.20. The van der Waals surface area contributed by atoms with Crippen LogP contribution in [-0.2, 0) is 11.3 Å². The van der Waals surface area contributed by atoms with Gasteiger partial charge >= 0.3 is 0 Å². The van der Waals surface area contributed by atoms with Crippen molar-refractivity contribution in [2.45, 2.75) is 26.8 Å². The van der Waals surface area contributed by atoms with E-state index in [1.165, 1.54) is 5.56 Å². The van der Waals surface area contributed by atoms with Crippen molar-refractivity contribution in [3.63, 3.8) is 0 Å². The summed E-state index contributed by atoms with van der Waals surface area (Å²) < 4.78 is 29.1. The van der Waals surface area contributed by atoms with Gasteiger partial charge in [-0.2, -0.15) is 0 Å². The SMILES string of the molecule is CCCOc1cc(OCCN(C)Cc2ccccc2)ccc1-c1cccc(NNc2cccc(-c3ccc(OCCOCC)cc3OC)n2)n1. The van der Waals surface area contributed by atoms with Crippen molar-refractivity contribution in [1.29, 1.82) is 0 Å². The molecule has 10 nitrogen and oxygen atoms in total. The predicted octanol–water partition coefficient (Wildman–Crippen LogP) is 7.97. The molecule has 0 saturated heterocycles. The van der Waals surface area contributed by atoms with E-state index in [0.717, 1.165) is 53.5 Å². The largest absolute Gasteiger partial charge is 0.496 e. The normalized spacial score (nSPS) is 10.9. The number of hydrogen-bond donors (Lipinski definition) is 2. The Balaban J connectivity index is 1.22. The molecular weight excluding hydrogens is 630 g/mol. The van der Waals surface area contributed by atoms with Gasteiger partial charge in [-0.05, 0) is 74.5 Å². The first kappa shape index (κ1) is 36.0. The molecule has 0 amide bonds. The number of hydrazine groups is 1. The van der Waals surface area contributed by atoms with Crippen LogP contribution in [0.2, 0.25) is 0 Å². The van der Waals surface area contributed by atoms with Crippen LogP contribution in [0.25, 0.3) is 22.5 Å². The van der Waals surface area contributed by atoms with Gasteiger partial charge < -0.3 is 23.7 Å². The second kappa shape index (κ2) is 19.0. The van der Waals surface area contributed by atoms with E-state index in [0.29, 0.717) is 56.2 Å². The number of benzene rings is 3. The molecule has 0 aliphatic rings. The van der Waals surface area contributed by atoms with Crippen molar-refractivity contribution in [3.8, 4) is 45.5 Å². The molecule has 2 aromatic heterocycles. The van der Waals surface area contributed by atoms with Gasteiger partial charge in [-0.25, -0.2) is 9.97 Å². The standard InChI is InChI=1S/C40H47N5O5/c1-5-23-50-38-28-32(48-24-22-45(3)29-30-12-8-7-9-13-30)19-21-34(38)36-15-11-17-40(42-36)44-43-39-16-10-14-35(41-39)33-20-18-31(27-37(33)46-4)49-26-25-47-6-2/h7-21,27-28H,5-6,22-26,29H2,1-4H3,(H,41,43)(H,42,44). The van der Waals surface area contributed by atoms with Crippen molar-refractivity contribution < 1.29 is 23.7 Å². The fourth-order valence-corrected chi connectivity index (χ4v) is 5.20. The molecule has 0 radical (unpaired) electrons. The lowest BCUT2D eigenvalue weighted by molar-refractivity contribution is 0.110. The highest BCUT2D eigenvalue weighted by atomic mass is 16.5. The molecule has 2 N–H and O–H groups in total. The van der Waals surface area contributed by atoms with Crippen LogP contribution in [0.3, 0.4) is 0 Å². The Morgan fingerprint density at radius 3 is 1.86 bits per heavy atom. The molecule has 5 aromatic rings. The van der Waals surface area contributed by atoms with E-state index < -0.39 is 0 Å². The quantitative estimate of drug-likeness (QED) is 0.0623. The van der Waals surface area contributed by atoms with Gasteiger partial charge in [-0.1, -0.05) is 49.4 Å². The Morgan fingerprint density at radius 2 is 1.24 bits per heavy atom. The van der Waals surface area contributed by atoms with Crippen LogP contribution in [0.1, 0.15) is 25.8 Å². The molecule has 0 aliphatic carbocycles. The number of aromatic nitrogens is 2. The second-order valence-corrected chi connectivity index (χ2v) is 11.6. The molecule has 0 atom stereocenters. The summed E-state index contributed by atoms with van der Waals surface area (Å²) in [6.45, 7) is 8.53. The Labute approximate surface area is 295 Å². The molecule has 0 aliphatic heterocycles. The first-order chi connectivity index (χ1) is 24.6. The third kappa shape index (κ3) is 10.6. The smallest absolute Gasteiger partial charge is 0.145 e. The number of ether oxygens (including phenoxy) is 5. The monoisotopic (exact) mass is 677 g/mol. The molecule has 50 heavy (non-hydrogen) atoms. The van der Waals surface area contributed by atoms with Gasteiger partial charge in [-0.15, -0.1) is 0 Å². The van der Waals surface area contributed by atoms with E-state index in [4.69, 9.17) is 33.7 Å². The highest BCUT2D eigenvalue weighted by molar-refractivity contribution is 5.71. The molecule has 3 aromatic carbocycles. The molecule has 10 heteroatoms. The number of methoxy groups -OCH3 is 1. The Morgan fingerprint density at radius 1 is 0.620 bits per heavy atom. The summed E-state index contributed by atoms with van der Waals surface area (Å²) >= 11 is 0. The second-order valence-electron chi connectivity index (χ2n) is 11.6. The molecular formula is C40H47N5O5. The zero-order chi connectivity index (χ0) is 35.0. The van der Waals surface area contributed by atoms with Crippen LogP contribution in [-0.4, -0.2) is 68.6 Å². The topological polar surface area (TPSA) is 99.2 Å². The van der Waals surface area contributed by atoms with Gasteiger partial charge in [-0.3, -0.25) is 15.8 Å². The summed E-state index contributed by atoms with van der Waals surface area (Å²) in [5, 5.41) is 0. The predicted molar refractivity (Wildman–Crippen MR) is 199 cm³/mol. The zero-order valence-electron chi connectivity index (χ0n) is 29.4. The summed E-state index contributed by atoms with van der Waals surface area (Å²) in [5.41, 5.74) is 10.9. The average molecular weight is 678 g/mol. The maximum absolute atomic E-state index is 6.17. The minimum atomic E-state index is 0.468. The van der Waals surface area contributed by atoms with Crippen molar-refractivity contribution in [3.05, 3.63) is 109 Å². The number of pyridine rings is 2. The summed E-state index contributed by atoms with van der Waals surface area (Å²) in [5.74, 6) is 4.11. The molecule has 0 unspecified atom stereocenters. The summed E-state index contributed by atoms with van der Waals surface area (Å²) in [6.07, 6.45) is 0.887. The molecule has 262 valence electrons. The lowest BCUT2D eigenvalue weighted by Crippen LogP contribution is -2.23. The molecule has 0 saturated carbocycles. The zero-order valence-corrected chi connectivity index (χ0v) is 29.4. The van der Waals surface area contributed by atoms with Crippen molar-refractivity contribution in [1.82, 2.24) is 14.9 Å². The number of hydrogen-bond acceptors (Lipinski definition) is 10. The number of nitrogens with one attached hydrogen (secondary N) is 2. The van der Waals surface area contributed by atoms with Gasteiger partial charge in [0.05, 0.1) is 31.7 Å². The van der Waals surface area contributed by atoms with Crippen LogP contribution < -0.4 is 29.8 Å². The molecule has 0 fully saturated rings. The van der Waals surface area contributed by atoms with Crippen LogP contribution >= 0.6 is 0 Å². The molecule has 2 heterocycles. The fraction of sp³-hybridized carbons (Fsp3) is 0.300. The van der Waals surface area contributed by atoms with Gasteiger partial charge in [0.15, 0.2) is 0 Å². The Hall–Kier alpha value is -5.32. The van der Waals surface area contributed by atoms with Crippen molar-refractivity contribution in [2.24, 2.45) is 0 Å². The third-order valence-electron chi connectivity index (χ3n) is 7.69. The minimum absolute atomic E-state index is 0.468. The Bertz CT molecular complexity index is 1770. The van der Waals surface area contributed by atoms with Crippen LogP contribution in [0.4, 0.5) is 11.6 Å². The molecule has 5 rings (SSSR count). The number of anilines is 2. The van der Waals surface area contributed by atoms with E-state index in [1.54, 1.807) is 7.11 Å². The average Bonchev–Trinajstić information content (AvgIpc) is 3.15. The summed E-state index contributed by atoms with van der Waals surface area (Å²) in [6, 6.07) is 33.6. The number of nitrogens with zero attached hydrogens (tertiary/aromatic N) is 3. The van der Waals surface area contributed by atoms with Gasteiger partial charge in [0.1, 0.15) is 47.8 Å². The van der Waals surface area contributed by atoms with E-state index >= 15 is 0 Å². The van der Waals surface area contributed by atoms with Gasteiger partial charge in [0, 0.05) is 43.0 Å². The Kier molecular flexibility index (Phi) is 13.7. The lowest BCUT2D eigenvalue weighted by Gasteiger charge is -2.18. The van der Waals surface area contributed by atoms with Crippen LogP contribution in [0, 0.1) is 0 Å². The number of rotatable bonds is 20. The molecule has 0 bridgehead atoms. The van der Waals surface area contributed by atoms with E-state index in [2.05, 4.69) is 54.0 Å². The lowest BCUT2D eigenvalue weighted by atomic mass is 10.1. The minimum Gasteiger partial charge on any atom is -0.496 e. The third-order valence-corrected chi connectivity index (χ3v) is 7.69. The van der Waals surface area contributed by atoms with E-state index in [-0.39, 0.29) is 0 Å². The van der Waals surface area contributed by atoms with Crippen LogP contribution in [0.5, 0.6) is 23.0 Å². The number of likely N-dealkylation sites (N-methyl/N-ethyl adjacent to an activating group) is 1. The highest BCUT2D eigenvalue weighted by Crippen LogP contribution is 2.34. The molecule has 0 spiro atoms.